The highest BCUT2D eigenvalue weighted by Gasteiger charge is 2.51. The highest BCUT2D eigenvalue weighted by Crippen LogP contribution is 2.55. The molecule has 1 heterocycles. The molecular weight excluding hydrogens is 408 g/mol. The summed E-state index contributed by atoms with van der Waals surface area (Å²) < 4.78 is 0.767. The molecule has 4 bridgehead atoms. The van der Waals surface area contributed by atoms with Crippen molar-refractivity contribution in [1.82, 2.24) is 10.2 Å². The fourth-order valence-electron chi connectivity index (χ4n) is 6.30. The van der Waals surface area contributed by atoms with E-state index >= 15 is 0 Å². The second kappa shape index (κ2) is 6.16. The van der Waals surface area contributed by atoms with Crippen LogP contribution in [0.3, 0.4) is 0 Å². The summed E-state index contributed by atoms with van der Waals surface area (Å²) >= 11 is 3.34. The van der Waals surface area contributed by atoms with E-state index in [0.29, 0.717) is 11.1 Å². The summed E-state index contributed by atoms with van der Waals surface area (Å²) in [6, 6.07) is 5.09. The predicted octanol–water partition coefficient (Wildman–Crippen LogP) is 3.52. The zero-order valence-electron chi connectivity index (χ0n) is 15.2. The standard InChI is InChI=1S/C21H23BrN2O3/c22-15-1-2-16-17(8-15)20(27)24(19(16)26)4-3-18(25)23-21-9-12-5-13(10-21)7-14(6-12)11-21/h1-2,8,12-14H,3-7,9-11H2,(H,23,25). The molecule has 5 aliphatic rings. The molecule has 3 amide bonds. The first-order valence-corrected chi connectivity index (χ1v) is 10.7. The van der Waals surface area contributed by atoms with Gasteiger partial charge in [-0.25, -0.2) is 0 Å². The van der Waals surface area contributed by atoms with E-state index in [0.717, 1.165) is 41.5 Å². The molecule has 1 aromatic carbocycles. The van der Waals surface area contributed by atoms with Crippen molar-refractivity contribution in [3.05, 3.63) is 33.8 Å². The minimum absolute atomic E-state index is 0.0291. The lowest BCUT2D eigenvalue weighted by Crippen LogP contribution is -2.60. The van der Waals surface area contributed by atoms with Crippen molar-refractivity contribution in [1.29, 1.82) is 0 Å². The van der Waals surface area contributed by atoms with Crippen LogP contribution >= 0.6 is 15.9 Å². The second-order valence-corrected chi connectivity index (χ2v) is 9.86. The molecule has 6 rings (SSSR count). The van der Waals surface area contributed by atoms with Crippen LogP contribution in [-0.2, 0) is 4.79 Å². The highest BCUT2D eigenvalue weighted by molar-refractivity contribution is 9.10. The van der Waals surface area contributed by atoms with Gasteiger partial charge in [0, 0.05) is 23.0 Å². The van der Waals surface area contributed by atoms with E-state index in [-0.39, 0.29) is 36.2 Å². The summed E-state index contributed by atoms with van der Waals surface area (Å²) in [7, 11) is 0. The van der Waals surface area contributed by atoms with E-state index < -0.39 is 0 Å². The number of rotatable bonds is 4. The summed E-state index contributed by atoms with van der Waals surface area (Å²) in [5.74, 6) is 1.67. The lowest BCUT2D eigenvalue weighted by molar-refractivity contribution is -0.126. The molecule has 0 radical (unpaired) electrons. The van der Waals surface area contributed by atoms with Gasteiger partial charge in [-0.15, -0.1) is 0 Å². The number of carbonyl (C=O) groups is 3. The van der Waals surface area contributed by atoms with E-state index in [1.807, 2.05) is 0 Å². The summed E-state index contributed by atoms with van der Waals surface area (Å²) in [6.07, 6.45) is 7.48. The van der Waals surface area contributed by atoms with Crippen molar-refractivity contribution in [3.63, 3.8) is 0 Å². The zero-order valence-corrected chi connectivity index (χ0v) is 16.8. The average Bonchev–Trinajstić information content (AvgIpc) is 2.82. The van der Waals surface area contributed by atoms with Gasteiger partial charge in [0.1, 0.15) is 0 Å². The number of nitrogens with zero attached hydrogens (tertiary/aromatic N) is 1. The number of benzene rings is 1. The maximum atomic E-state index is 12.7. The Balaban J connectivity index is 1.23. The first-order valence-electron chi connectivity index (χ1n) is 9.89. The Bertz CT molecular complexity index is 815. The molecule has 6 heteroatoms. The van der Waals surface area contributed by atoms with Crippen LogP contribution in [0.15, 0.2) is 22.7 Å². The first kappa shape index (κ1) is 17.4. The number of hydrogen-bond acceptors (Lipinski definition) is 3. The fourth-order valence-corrected chi connectivity index (χ4v) is 6.66. The summed E-state index contributed by atoms with van der Waals surface area (Å²) in [5.41, 5.74) is 0.805. The van der Waals surface area contributed by atoms with Crippen molar-refractivity contribution in [2.75, 3.05) is 6.54 Å². The maximum absolute atomic E-state index is 12.7. The Morgan fingerprint density at radius 1 is 1.04 bits per heavy atom. The van der Waals surface area contributed by atoms with Crippen molar-refractivity contribution in [2.45, 2.75) is 50.5 Å². The Kier molecular flexibility index (Phi) is 3.97. The third kappa shape index (κ3) is 2.93. The molecule has 1 aromatic rings. The van der Waals surface area contributed by atoms with Crippen LogP contribution in [0.5, 0.6) is 0 Å². The molecule has 0 saturated heterocycles. The molecule has 4 saturated carbocycles. The lowest BCUT2D eigenvalue weighted by atomic mass is 9.53. The Labute approximate surface area is 167 Å². The molecule has 1 N–H and O–H groups in total. The Morgan fingerprint density at radius 3 is 2.26 bits per heavy atom. The second-order valence-electron chi connectivity index (χ2n) is 8.95. The third-order valence-corrected chi connectivity index (χ3v) is 7.43. The third-order valence-electron chi connectivity index (χ3n) is 6.94. The monoisotopic (exact) mass is 430 g/mol. The number of hydrogen-bond donors (Lipinski definition) is 1. The van der Waals surface area contributed by atoms with Gasteiger partial charge in [0.25, 0.3) is 11.8 Å². The first-order chi connectivity index (χ1) is 12.9. The zero-order chi connectivity index (χ0) is 18.8. The van der Waals surface area contributed by atoms with Crippen LogP contribution in [0.2, 0.25) is 0 Å². The lowest BCUT2D eigenvalue weighted by Gasteiger charge is -2.56. The van der Waals surface area contributed by atoms with Crippen LogP contribution in [-0.4, -0.2) is 34.7 Å². The van der Waals surface area contributed by atoms with Gasteiger partial charge >= 0.3 is 0 Å². The smallest absolute Gasteiger partial charge is 0.261 e. The molecule has 142 valence electrons. The predicted molar refractivity (Wildman–Crippen MR) is 103 cm³/mol. The van der Waals surface area contributed by atoms with E-state index in [1.54, 1.807) is 18.2 Å². The van der Waals surface area contributed by atoms with Crippen LogP contribution in [0.4, 0.5) is 0 Å². The van der Waals surface area contributed by atoms with Crippen molar-refractivity contribution < 1.29 is 14.4 Å². The number of amides is 3. The summed E-state index contributed by atoms with van der Waals surface area (Å²) in [5, 5.41) is 3.31. The maximum Gasteiger partial charge on any atom is 0.261 e. The van der Waals surface area contributed by atoms with Gasteiger partial charge in [-0.1, -0.05) is 15.9 Å². The van der Waals surface area contributed by atoms with Crippen LogP contribution < -0.4 is 5.32 Å². The van der Waals surface area contributed by atoms with Gasteiger partial charge in [-0.2, -0.15) is 0 Å². The average molecular weight is 431 g/mol. The number of carbonyl (C=O) groups excluding carboxylic acids is 3. The molecule has 1 aliphatic heterocycles. The van der Waals surface area contributed by atoms with Gasteiger partial charge in [0.2, 0.25) is 5.91 Å². The van der Waals surface area contributed by atoms with Crippen molar-refractivity contribution >= 4 is 33.7 Å². The molecule has 4 fully saturated rings. The largest absolute Gasteiger partial charge is 0.351 e. The number of nitrogens with one attached hydrogen (secondary N) is 1. The van der Waals surface area contributed by atoms with E-state index in [1.165, 1.54) is 24.2 Å². The molecule has 4 aliphatic carbocycles. The molecule has 0 aromatic heterocycles. The molecule has 0 atom stereocenters. The molecule has 5 nitrogen and oxygen atoms in total. The minimum Gasteiger partial charge on any atom is -0.351 e. The molecule has 0 unspecified atom stereocenters. The van der Waals surface area contributed by atoms with Gasteiger partial charge in [-0.3, -0.25) is 19.3 Å². The van der Waals surface area contributed by atoms with Crippen LogP contribution in [0.1, 0.15) is 65.7 Å². The van der Waals surface area contributed by atoms with Gasteiger partial charge in [0.15, 0.2) is 0 Å². The highest BCUT2D eigenvalue weighted by atomic mass is 79.9. The van der Waals surface area contributed by atoms with Gasteiger partial charge in [0.05, 0.1) is 11.1 Å². The molecule has 27 heavy (non-hydrogen) atoms. The Morgan fingerprint density at radius 2 is 1.63 bits per heavy atom. The minimum atomic E-state index is -0.307. The SMILES string of the molecule is O=C(CCN1C(=O)c2ccc(Br)cc2C1=O)NC12CC3CC(CC(C3)C1)C2. The number of imide groups is 1. The normalized spacial score (nSPS) is 33.5. The van der Waals surface area contributed by atoms with Crippen molar-refractivity contribution in [3.8, 4) is 0 Å². The summed E-state index contributed by atoms with van der Waals surface area (Å²) in [6.45, 7) is 0.141. The summed E-state index contributed by atoms with van der Waals surface area (Å²) in [4.78, 5) is 38.9. The van der Waals surface area contributed by atoms with Gasteiger partial charge in [-0.05, 0) is 74.5 Å². The van der Waals surface area contributed by atoms with E-state index in [4.69, 9.17) is 0 Å². The van der Waals surface area contributed by atoms with Crippen LogP contribution in [0, 0.1) is 17.8 Å². The van der Waals surface area contributed by atoms with Gasteiger partial charge < -0.3 is 5.32 Å². The number of halogens is 1. The van der Waals surface area contributed by atoms with Crippen molar-refractivity contribution in [2.24, 2.45) is 17.8 Å². The fraction of sp³-hybridized carbons (Fsp3) is 0.571. The van der Waals surface area contributed by atoms with Crippen LogP contribution in [0.25, 0.3) is 0 Å². The quantitative estimate of drug-likeness (QED) is 0.742. The van der Waals surface area contributed by atoms with E-state index in [2.05, 4.69) is 21.2 Å². The number of fused-ring (bicyclic) bond motifs is 1. The van der Waals surface area contributed by atoms with E-state index in [9.17, 15) is 14.4 Å². The molecule has 0 spiro atoms. The Hall–Kier alpha value is -1.69. The topological polar surface area (TPSA) is 66.5 Å². The molecular formula is C21H23BrN2O3.